The quantitative estimate of drug-likeness (QED) is 0.323. The van der Waals surface area contributed by atoms with Gasteiger partial charge in [-0.05, 0) is 58.8 Å². The molecule has 5 heteroatoms. The predicted octanol–water partition coefficient (Wildman–Crippen LogP) is 4.96. The van der Waals surface area contributed by atoms with E-state index in [-0.39, 0.29) is 17.4 Å². The van der Waals surface area contributed by atoms with Gasteiger partial charge in [0.05, 0.1) is 0 Å². The summed E-state index contributed by atoms with van der Waals surface area (Å²) in [5, 5.41) is 17.0. The summed E-state index contributed by atoms with van der Waals surface area (Å²) in [6, 6.07) is 28.5. The van der Waals surface area contributed by atoms with Crippen LogP contribution in [0.1, 0.15) is 15.9 Å². The Bertz CT molecular complexity index is 1260. The van der Waals surface area contributed by atoms with Crippen LogP contribution in [-0.4, -0.2) is 16.9 Å². The predicted molar refractivity (Wildman–Crippen MR) is 123 cm³/mol. The van der Waals surface area contributed by atoms with Crippen LogP contribution < -0.4 is 10.6 Å². The van der Waals surface area contributed by atoms with Crippen molar-refractivity contribution in [3.8, 4) is 5.75 Å². The molecular weight excluding hydrogens is 388 g/mol. The zero-order chi connectivity index (χ0) is 21.6. The highest BCUT2D eigenvalue weighted by Gasteiger charge is 2.15. The van der Waals surface area contributed by atoms with Crippen LogP contribution in [0.3, 0.4) is 0 Å². The molecule has 0 aliphatic heterocycles. The van der Waals surface area contributed by atoms with E-state index in [0.29, 0.717) is 11.3 Å². The van der Waals surface area contributed by atoms with Crippen molar-refractivity contribution in [3.63, 3.8) is 0 Å². The molecule has 0 saturated carbocycles. The van der Waals surface area contributed by atoms with E-state index in [2.05, 4.69) is 10.6 Å². The fraction of sp³-hybridized carbons (Fsp3) is 0. The molecule has 3 N–H and O–H groups in total. The van der Waals surface area contributed by atoms with Crippen LogP contribution in [0.5, 0.6) is 5.75 Å². The second kappa shape index (κ2) is 8.97. The third kappa shape index (κ3) is 4.79. The number of rotatable bonds is 5. The van der Waals surface area contributed by atoms with E-state index in [1.165, 1.54) is 12.1 Å². The number of fused-ring (bicyclic) bond motifs is 1. The Hall–Kier alpha value is -4.38. The van der Waals surface area contributed by atoms with Crippen molar-refractivity contribution in [2.24, 2.45) is 0 Å². The fourth-order valence-electron chi connectivity index (χ4n) is 3.22. The molecule has 4 aromatic carbocycles. The van der Waals surface area contributed by atoms with Crippen LogP contribution in [0.2, 0.25) is 0 Å². The van der Waals surface area contributed by atoms with Crippen LogP contribution >= 0.6 is 0 Å². The lowest BCUT2D eigenvalue weighted by atomic mass is 10.0. The number of aromatic hydroxyl groups is 1. The number of nitrogens with one attached hydrogen (secondary N) is 2. The van der Waals surface area contributed by atoms with Crippen LogP contribution in [-0.2, 0) is 4.79 Å². The van der Waals surface area contributed by atoms with Crippen LogP contribution in [0, 0.1) is 0 Å². The van der Waals surface area contributed by atoms with Gasteiger partial charge in [0, 0.05) is 11.3 Å². The lowest BCUT2D eigenvalue weighted by Crippen LogP contribution is -2.30. The van der Waals surface area contributed by atoms with Gasteiger partial charge in [0.2, 0.25) is 0 Å². The maximum absolute atomic E-state index is 13.0. The number of phenolic OH excluding ortho intramolecular Hbond substituents is 1. The van der Waals surface area contributed by atoms with E-state index in [4.69, 9.17) is 0 Å². The Labute approximate surface area is 179 Å². The molecule has 0 saturated heterocycles. The minimum atomic E-state index is -0.470. The van der Waals surface area contributed by atoms with E-state index in [0.717, 1.165) is 16.3 Å². The van der Waals surface area contributed by atoms with Gasteiger partial charge in [-0.25, -0.2) is 0 Å². The summed E-state index contributed by atoms with van der Waals surface area (Å²) in [5.41, 5.74) is 1.87. The largest absolute Gasteiger partial charge is 0.508 e. The normalized spacial score (nSPS) is 11.2. The van der Waals surface area contributed by atoms with E-state index >= 15 is 0 Å². The summed E-state index contributed by atoms with van der Waals surface area (Å²) in [5.74, 6) is -0.752. The molecule has 0 atom stereocenters. The second-order valence-corrected chi connectivity index (χ2v) is 6.95. The molecule has 152 valence electrons. The van der Waals surface area contributed by atoms with Gasteiger partial charge < -0.3 is 15.7 Å². The smallest absolute Gasteiger partial charge is 0.272 e. The first-order valence-electron chi connectivity index (χ1n) is 9.76. The summed E-state index contributed by atoms with van der Waals surface area (Å²) in [4.78, 5) is 25.8. The Morgan fingerprint density at radius 3 is 2.19 bits per heavy atom. The molecule has 0 fully saturated rings. The lowest BCUT2D eigenvalue weighted by Gasteiger charge is -2.12. The van der Waals surface area contributed by atoms with Crippen molar-refractivity contribution >= 4 is 34.4 Å². The monoisotopic (exact) mass is 408 g/mol. The maximum Gasteiger partial charge on any atom is 0.272 e. The molecule has 0 heterocycles. The molecule has 0 bridgehead atoms. The molecule has 5 nitrogen and oxygen atoms in total. The van der Waals surface area contributed by atoms with Crippen LogP contribution in [0.25, 0.3) is 16.8 Å². The van der Waals surface area contributed by atoms with Gasteiger partial charge in [0.1, 0.15) is 11.4 Å². The van der Waals surface area contributed by atoms with Gasteiger partial charge in [-0.2, -0.15) is 0 Å². The summed E-state index contributed by atoms with van der Waals surface area (Å²) in [7, 11) is 0. The Morgan fingerprint density at radius 1 is 0.742 bits per heavy atom. The highest BCUT2D eigenvalue weighted by Crippen LogP contribution is 2.21. The van der Waals surface area contributed by atoms with Gasteiger partial charge >= 0.3 is 0 Å². The van der Waals surface area contributed by atoms with Crippen molar-refractivity contribution in [3.05, 3.63) is 114 Å². The summed E-state index contributed by atoms with van der Waals surface area (Å²) < 4.78 is 0. The average Bonchev–Trinajstić information content (AvgIpc) is 2.81. The first kappa shape index (κ1) is 19.9. The van der Waals surface area contributed by atoms with Crippen molar-refractivity contribution in [1.82, 2.24) is 5.32 Å². The number of carbonyl (C=O) groups excluding carboxylic acids is 2. The van der Waals surface area contributed by atoms with E-state index in [9.17, 15) is 14.7 Å². The van der Waals surface area contributed by atoms with Crippen LogP contribution in [0.4, 0.5) is 5.69 Å². The van der Waals surface area contributed by atoms with Gasteiger partial charge in [-0.15, -0.1) is 0 Å². The van der Waals surface area contributed by atoms with E-state index in [1.54, 1.807) is 42.5 Å². The van der Waals surface area contributed by atoms with E-state index < -0.39 is 5.91 Å². The van der Waals surface area contributed by atoms with Crippen LogP contribution in [0.15, 0.2) is 103 Å². The molecule has 0 radical (unpaired) electrons. The highest BCUT2D eigenvalue weighted by molar-refractivity contribution is 6.11. The van der Waals surface area contributed by atoms with Gasteiger partial charge in [-0.1, -0.05) is 60.7 Å². The Morgan fingerprint density at radius 2 is 1.42 bits per heavy atom. The number of hydrogen-bond donors (Lipinski definition) is 3. The number of hydrogen-bond acceptors (Lipinski definition) is 3. The highest BCUT2D eigenvalue weighted by atomic mass is 16.3. The third-order valence-corrected chi connectivity index (χ3v) is 4.78. The fourth-order valence-corrected chi connectivity index (χ4v) is 3.22. The minimum Gasteiger partial charge on any atom is -0.508 e. The molecule has 4 rings (SSSR count). The summed E-state index contributed by atoms with van der Waals surface area (Å²) >= 11 is 0. The second-order valence-electron chi connectivity index (χ2n) is 6.95. The Kier molecular flexibility index (Phi) is 5.76. The van der Waals surface area contributed by atoms with E-state index in [1.807, 2.05) is 48.5 Å². The third-order valence-electron chi connectivity index (χ3n) is 4.78. The molecule has 0 aliphatic rings. The maximum atomic E-state index is 13.0. The molecular formula is C26H20N2O3. The van der Waals surface area contributed by atoms with Crippen molar-refractivity contribution < 1.29 is 14.7 Å². The molecule has 2 amide bonds. The standard InChI is InChI=1S/C26H20N2O3/c29-22-15-13-21(14-16-22)27-26(31)24(28-25(30)19-8-2-1-3-9-19)17-20-11-6-10-18-7-4-5-12-23(18)20/h1-17,29H,(H,27,31)(H,28,30)/b24-17-. The van der Waals surface area contributed by atoms with Crippen molar-refractivity contribution in [1.29, 1.82) is 0 Å². The number of phenols is 1. The Balaban J connectivity index is 1.70. The van der Waals surface area contributed by atoms with Gasteiger partial charge in [0.15, 0.2) is 0 Å². The minimum absolute atomic E-state index is 0.0990. The molecule has 0 unspecified atom stereocenters. The number of anilines is 1. The zero-order valence-corrected chi connectivity index (χ0v) is 16.6. The molecule has 0 spiro atoms. The van der Waals surface area contributed by atoms with Crippen molar-refractivity contribution in [2.45, 2.75) is 0 Å². The molecule has 0 aliphatic carbocycles. The molecule has 0 aromatic heterocycles. The average molecular weight is 408 g/mol. The number of amides is 2. The lowest BCUT2D eigenvalue weighted by molar-refractivity contribution is -0.113. The summed E-state index contributed by atoms with van der Waals surface area (Å²) in [6.07, 6.45) is 1.67. The van der Waals surface area contributed by atoms with Crippen molar-refractivity contribution in [2.75, 3.05) is 5.32 Å². The number of carbonyl (C=O) groups is 2. The molecule has 31 heavy (non-hydrogen) atoms. The first-order chi connectivity index (χ1) is 15.1. The van der Waals surface area contributed by atoms with Gasteiger partial charge in [0.25, 0.3) is 11.8 Å². The topological polar surface area (TPSA) is 78.4 Å². The SMILES string of the molecule is O=C(Nc1ccc(O)cc1)/C(=C/c1cccc2ccccc12)NC(=O)c1ccccc1. The summed E-state index contributed by atoms with van der Waals surface area (Å²) in [6.45, 7) is 0. The molecule has 4 aromatic rings. The zero-order valence-electron chi connectivity index (χ0n) is 16.6. The number of benzene rings is 4. The van der Waals surface area contributed by atoms with Gasteiger partial charge in [-0.3, -0.25) is 9.59 Å². The first-order valence-corrected chi connectivity index (χ1v) is 9.76.